The molecular weight excluding hydrogens is 502 g/mol. The highest BCUT2D eigenvalue weighted by atomic mass is 35.5. The summed E-state index contributed by atoms with van der Waals surface area (Å²) < 4.78 is 11.5. The minimum absolute atomic E-state index is 0.0351. The van der Waals surface area contributed by atoms with Crippen LogP contribution in [0.2, 0.25) is 5.02 Å². The van der Waals surface area contributed by atoms with Crippen LogP contribution in [0.15, 0.2) is 42.5 Å². The van der Waals surface area contributed by atoms with Crippen molar-refractivity contribution >= 4 is 29.2 Å². The van der Waals surface area contributed by atoms with Gasteiger partial charge in [-0.2, -0.15) is 5.26 Å². The molecule has 0 bridgehead atoms. The van der Waals surface area contributed by atoms with Gasteiger partial charge in [0.1, 0.15) is 17.9 Å². The Labute approximate surface area is 230 Å². The number of nitrogens with zero attached hydrogens (tertiary/aromatic N) is 2. The number of nitriles is 1. The molecule has 0 radical (unpaired) electrons. The average molecular weight is 538 g/mol. The minimum atomic E-state index is -0.331. The van der Waals surface area contributed by atoms with E-state index in [4.69, 9.17) is 26.3 Å². The Morgan fingerprint density at radius 2 is 1.71 bits per heavy atom. The van der Waals surface area contributed by atoms with Gasteiger partial charge in [0, 0.05) is 47.3 Å². The minimum Gasteiger partial charge on any atom is -0.489 e. The maximum absolute atomic E-state index is 13.2. The predicted molar refractivity (Wildman–Crippen MR) is 147 cm³/mol. The van der Waals surface area contributed by atoms with Crippen molar-refractivity contribution in [2.45, 2.75) is 59.6 Å². The summed E-state index contributed by atoms with van der Waals surface area (Å²) in [4.78, 5) is 27.5. The number of hydrogen-bond donors (Lipinski definition) is 1. The maximum atomic E-state index is 13.2. The number of esters is 1. The normalized spacial score (nSPS) is 22.1. The van der Waals surface area contributed by atoms with E-state index in [0.29, 0.717) is 28.5 Å². The van der Waals surface area contributed by atoms with E-state index in [0.717, 1.165) is 31.6 Å². The van der Waals surface area contributed by atoms with E-state index in [2.05, 4.69) is 44.0 Å². The molecule has 1 saturated carbocycles. The fraction of sp³-hybridized carbons (Fsp3) is 0.500. The highest BCUT2D eigenvalue weighted by Crippen LogP contribution is 2.55. The van der Waals surface area contributed by atoms with E-state index in [9.17, 15) is 9.59 Å². The van der Waals surface area contributed by atoms with Crippen LogP contribution >= 0.6 is 11.6 Å². The second kappa shape index (κ2) is 10.9. The lowest BCUT2D eigenvalue weighted by Gasteiger charge is -2.63. The largest absolute Gasteiger partial charge is 0.489 e. The number of piperidine rings is 1. The topological polar surface area (TPSA) is 91.7 Å². The molecule has 1 amide bonds. The molecule has 2 fully saturated rings. The zero-order valence-corrected chi connectivity index (χ0v) is 23.5. The van der Waals surface area contributed by atoms with Crippen LogP contribution in [0, 0.1) is 28.1 Å². The molecule has 8 heteroatoms. The molecule has 0 unspecified atom stereocenters. The predicted octanol–water partition coefficient (Wildman–Crippen LogP) is 5.60. The van der Waals surface area contributed by atoms with Gasteiger partial charge in [-0.25, -0.2) is 0 Å². The van der Waals surface area contributed by atoms with E-state index < -0.39 is 0 Å². The third kappa shape index (κ3) is 5.33. The highest BCUT2D eigenvalue weighted by molar-refractivity contribution is 6.31. The number of carbonyl (C=O) groups is 2. The molecule has 1 saturated heterocycles. The van der Waals surface area contributed by atoms with Gasteiger partial charge in [0.05, 0.1) is 23.1 Å². The first-order chi connectivity index (χ1) is 18.0. The molecule has 7 nitrogen and oxygen atoms in total. The van der Waals surface area contributed by atoms with Crippen LogP contribution in [-0.2, 0) is 9.53 Å². The van der Waals surface area contributed by atoms with E-state index >= 15 is 0 Å². The third-order valence-corrected chi connectivity index (χ3v) is 8.35. The van der Waals surface area contributed by atoms with Crippen LogP contribution in [0.25, 0.3) is 0 Å². The third-order valence-electron chi connectivity index (χ3n) is 8.04. The van der Waals surface area contributed by atoms with Crippen LogP contribution in [0.4, 0.5) is 5.69 Å². The number of rotatable bonds is 7. The van der Waals surface area contributed by atoms with Gasteiger partial charge in [0.15, 0.2) is 0 Å². The molecule has 2 aromatic rings. The Kier molecular flexibility index (Phi) is 7.94. The number of halogens is 1. The number of amides is 1. The number of nitrogens with one attached hydrogen (secondary N) is 1. The number of hydrogen-bond acceptors (Lipinski definition) is 6. The zero-order valence-electron chi connectivity index (χ0n) is 22.7. The molecule has 1 heterocycles. The van der Waals surface area contributed by atoms with Crippen LogP contribution in [0.3, 0.4) is 0 Å². The van der Waals surface area contributed by atoms with Crippen molar-refractivity contribution in [2.75, 3.05) is 24.6 Å². The first-order valence-electron chi connectivity index (χ1n) is 13.2. The number of ether oxygens (including phenoxy) is 2. The van der Waals surface area contributed by atoms with Gasteiger partial charge < -0.3 is 19.7 Å². The summed E-state index contributed by atoms with van der Waals surface area (Å²) in [6, 6.07) is 14.7. The standard InChI is InChI=1S/C30H36ClN3O4/c1-6-37-26(36)20-13-15-34(16-14-20)22-10-7-19(8-11-22)25(35)33-27-29(2,3)28(30(27,4)5)38-23-12-9-21(18-32)24(31)17-23/h7-12,17,20,27-28H,6,13-16H2,1-5H3,(H,33,35)/t27-,28-. The first kappa shape index (κ1) is 27.8. The molecule has 38 heavy (non-hydrogen) atoms. The van der Waals surface area contributed by atoms with Crippen molar-refractivity contribution < 1.29 is 19.1 Å². The smallest absolute Gasteiger partial charge is 0.309 e. The second-order valence-electron chi connectivity index (χ2n) is 11.4. The van der Waals surface area contributed by atoms with Gasteiger partial charge in [-0.05, 0) is 56.2 Å². The van der Waals surface area contributed by atoms with Gasteiger partial charge in [-0.1, -0.05) is 39.3 Å². The maximum Gasteiger partial charge on any atom is 0.309 e. The summed E-state index contributed by atoms with van der Waals surface area (Å²) in [5.41, 5.74) is 1.39. The van der Waals surface area contributed by atoms with Gasteiger partial charge in [0.25, 0.3) is 5.91 Å². The molecular formula is C30H36ClN3O4. The van der Waals surface area contributed by atoms with Gasteiger partial charge in [0.2, 0.25) is 0 Å². The Hall–Kier alpha value is -3.24. The molecule has 0 aromatic heterocycles. The lowest BCUT2D eigenvalue weighted by Crippen LogP contribution is -2.74. The fourth-order valence-corrected chi connectivity index (χ4v) is 6.48. The Bertz CT molecular complexity index is 1210. The number of benzene rings is 2. The SMILES string of the molecule is CCOC(=O)C1CCN(c2ccc(C(=O)N[C@H]3C(C)(C)[C@H](Oc4ccc(C#N)c(Cl)c4)C3(C)C)cc2)CC1. The molecule has 0 atom stereocenters. The van der Waals surface area contributed by atoms with Crippen molar-refractivity contribution in [1.82, 2.24) is 5.32 Å². The van der Waals surface area contributed by atoms with Crippen molar-refractivity contribution in [1.29, 1.82) is 5.26 Å². The van der Waals surface area contributed by atoms with Crippen molar-refractivity contribution in [3.8, 4) is 11.8 Å². The summed E-state index contributed by atoms with van der Waals surface area (Å²) in [5.74, 6) is 0.344. The summed E-state index contributed by atoms with van der Waals surface area (Å²) >= 11 is 6.19. The number of anilines is 1. The van der Waals surface area contributed by atoms with E-state index in [1.807, 2.05) is 31.2 Å². The van der Waals surface area contributed by atoms with Gasteiger partial charge in [-0.3, -0.25) is 9.59 Å². The lowest BCUT2D eigenvalue weighted by molar-refractivity contribution is -0.164. The van der Waals surface area contributed by atoms with E-state index in [-0.39, 0.29) is 40.8 Å². The molecule has 0 spiro atoms. The molecule has 4 rings (SSSR count). The Morgan fingerprint density at radius 3 is 2.26 bits per heavy atom. The average Bonchev–Trinajstić information content (AvgIpc) is 2.90. The quantitative estimate of drug-likeness (QED) is 0.462. The molecule has 1 aliphatic carbocycles. The fourth-order valence-electron chi connectivity index (χ4n) is 6.27. The van der Waals surface area contributed by atoms with Crippen LogP contribution in [0.1, 0.15) is 63.4 Å². The first-order valence-corrected chi connectivity index (χ1v) is 13.6. The highest BCUT2D eigenvalue weighted by Gasteiger charge is 2.64. The van der Waals surface area contributed by atoms with Crippen LogP contribution < -0.4 is 15.0 Å². The molecule has 1 aliphatic heterocycles. The van der Waals surface area contributed by atoms with Crippen LogP contribution in [-0.4, -0.2) is 43.7 Å². The monoisotopic (exact) mass is 537 g/mol. The van der Waals surface area contributed by atoms with Crippen molar-refractivity contribution in [3.63, 3.8) is 0 Å². The molecule has 2 aliphatic rings. The molecule has 1 N–H and O–H groups in total. The lowest BCUT2D eigenvalue weighted by atomic mass is 9.49. The van der Waals surface area contributed by atoms with Crippen LogP contribution in [0.5, 0.6) is 5.75 Å². The molecule has 202 valence electrons. The van der Waals surface area contributed by atoms with Gasteiger partial charge in [-0.15, -0.1) is 0 Å². The summed E-state index contributed by atoms with van der Waals surface area (Å²) in [5, 5.41) is 12.7. The second-order valence-corrected chi connectivity index (χ2v) is 11.8. The van der Waals surface area contributed by atoms with Crippen molar-refractivity contribution in [3.05, 3.63) is 58.6 Å². The Balaban J connectivity index is 1.37. The van der Waals surface area contributed by atoms with E-state index in [1.54, 1.807) is 18.2 Å². The zero-order chi connectivity index (χ0) is 27.7. The van der Waals surface area contributed by atoms with E-state index in [1.165, 1.54) is 0 Å². The molecule has 2 aromatic carbocycles. The number of carbonyl (C=O) groups excluding carboxylic acids is 2. The summed E-state index contributed by atoms with van der Waals surface area (Å²) in [6.07, 6.45) is 1.37. The summed E-state index contributed by atoms with van der Waals surface area (Å²) in [7, 11) is 0. The van der Waals surface area contributed by atoms with Gasteiger partial charge >= 0.3 is 5.97 Å². The van der Waals surface area contributed by atoms with Crippen molar-refractivity contribution in [2.24, 2.45) is 16.7 Å². The summed E-state index contributed by atoms with van der Waals surface area (Å²) in [6.45, 7) is 12.2. The Morgan fingerprint density at radius 1 is 1.08 bits per heavy atom.